The number of hydrazine groups is 1. The molecule has 0 aliphatic carbocycles. The predicted octanol–water partition coefficient (Wildman–Crippen LogP) is 2.04. The summed E-state index contributed by atoms with van der Waals surface area (Å²) in [4.78, 5) is 8.83. The minimum atomic E-state index is -0.177. The second kappa shape index (κ2) is 4.88. The van der Waals surface area contributed by atoms with E-state index in [0.717, 1.165) is 10.7 Å². The molecular weight excluding hydrogens is 258 g/mol. The van der Waals surface area contributed by atoms with Crippen molar-refractivity contribution in [2.24, 2.45) is 9.98 Å². The lowest BCUT2D eigenvalue weighted by molar-refractivity contribution is 0.424. The van der Waals surface area contributed by atoms with E-state index in [-0.39, 0.29) is 6.17 Å². The Kier molecular flexibility index (Phi) is 3.07. The topological polar surface area (TPSA) is 63.8 Å². The molecule has 0 saturated heterocycles. The van der Waals surface area contributed by atoms with Crippen LogP contribution in [-0.2, 0) is 0 Å². The van der Waals surface area contributed by atoms with Gasteiger partial charge in [-0.2, -0.15) is 10.7 Å². The zero-order chi connectivity index (χ0) is 13.2. The van der Waals surface area contributed by atoms with Crippen LogP contribution in [-0.4, -0.2) is 22.3 Å². The van der Waals surface area contributed by atoms with E-state index in [1.165, 1.54) is 11.8 Å². The Bertz CT molecular complexity index is 626. The average Bonchev–Trinajstić information content (AvgIpc) is 2.92. The van der Waals surface area contributed by atoms with Crippen LogP contribution in [0.2, 0.25) is 0 Å². The molecule has 0 unspecified atom stereocenters. The molecule has 0 spiro atoms. The van der Waals surface area contributed by atoms with E-state index in [0.29, 0.717) is 11.4 Å². The van der Waals surface area contributed by atoms with Gasteiger partial charge in [-0.3, -0.25) is 0 Å². The number of thioether (sulfide) groups is 1. The van der Waals surface area contributed by atoms with Gasteiger partial charge >= 0.3 is 0 Å². The van der Waals surface area contributed by atoms with Gasteiger partial charge in [0, 0.05) is 0 Å². The predicted molar refractivity (Wildman–Crippen MR) is 76.2 cm³/mol. The van der Waals surface area contributed by atoms with E-state index in [1.807, 2.05) is 36.6 Å². The van der Waals surface area contributed by atoms with Crippen LogP contribution in [0.3, 0.4) is 0 Å². The van der Waals surface area contributed by atoms with Gasteiger partial charge in [-0.1, -0.05) is 42.1 Å². The fourth-order valence-corrected chi connectivity index (χ4v) is 2.45. The Balaban J connectivity index is 1.98. The minimum Gasteiger partial charge on any atom is -0.240 e. The molecule has 6 heteroatoms. The largest absolute Gasteiger partial charge is 0.240 e. The summed E-state index contributed by atoms with van der Waals surface area (Å²) in [5, 5.41) is 11.7. The normalized spacial score (nSPS) is 21.2. The second-order valence-electron chi connectivity index (χ2n) is 4.00. The third-order valence-corrected chi connectivity index (χ3v) is 3.52. The Morgan fingerprint density at radius 2 is 2.16 bits per heavy atom. The average molecular weight is 269 g/mol. The first-order valence-electron chi connectivity index (χ1n) is 5.75. The summed E-state index contributed by atoms with van der Waals surface area (Å²) in [6.07, 6.45) is 3.33. The van der Waals surface area contributed by atoms with Gasteiger partial charge in [0.25, 0.3) is 0 Å². The molecule has 0 radical (unpaired) electrons. The Morgan fingerprint density at radius 3 is 2.84 bits per heavy atom. The molecule has 0 aromatic heterocycles. The van der Waals surface area contributed by atoms with Gasteiger partial charge in [-0.25, -0.2) is 15.0 Å². The number of rotatable bonds is 1. The number of hydrogen-bond donors (Lipinski definition) is 1. The van der Waals surface area contributed by atoms with Crippen molar-refractivity contribution in [3.63, 3.8) is 0 Å². The number of fused-ring (bicyclic) bond motifs is 1. The summed E-state index contributed by atoms with van der Waals surface area (Å²) in [5.41, 5.74) is 4.79. The lowest BCUT2D eigenvalue weighted by atomic mass is 10.2. The molecule has 2 aliphatic heterocycles. The Labute approximate surface area is 115 Å². The molecule has 0 saturated carbocycles. The molecule has 5 nitrogen and oxygen atoms in total. The first-order chi connectivity index (χ1) is 9.33. The molecule has 1 aromatic rings. The van der Waals surface area contributed by atoms with Crippen molar-refractivity contribution in [2.45, 2.75) is 6.17 Å². The molecule has 0 bridgehead atoms. The maximum absolute atomic E-state index is 9.12. The molecule has 1 atom stereocenters. The third kappa shape index (κ3) is 2.03. The number of nitrogens with one attached hydrogen (secondary N) is 1. The zero-order valence-corrected chi connectivity index (χ0v) is 11.1. The quantitative estimate of drug-likeness (QED) is 0.847. The van der Waals surface area contributed by atoms with Crippen LogP contribution in [0.5, 0.6) is 0 Å². The molecule has 94 valence electrons. The van der Waals surface area contributed by atoms with Gasteiger partial charge in [0.1, 0.15) is 17.8 Å². The lowest BCUT2D eigenvalue weighted by Gasteiger charge is -2.23. The summed E-state index contributed by atoms with van der Waals surface area (Å²) in [6.45, 7) is 0. The van der Waals surface area contributed by atoms with Crippen LogP contribution in [0.15, 0.2) is 52.1 Å². The fourth-order valence-electron chi connectivity index (χ4n) is 1.97. The monoisotopic (exact) mass is 269 g/mol. The molecule has 2 heterocycles. The highest BCUT2D eigenvalue weighted by atomic mass is 32.2. The Hall–Kier alpha value is -2.10. The number of hydrogen-bond acceptors (Lipinski definition) is 6. The van der Waals surface area contributed by atoms with Crippen LogP contribution in [0.4, 0.5) is 0 Å². The third-order valence-electron chi connectivity index (χ3n) is 2.87. The highest BCUT2D eigenvalue weighted by Gasteiger charge is 2.33. The number of nitriles is 1. The SMILES string of the molecule is CSC1=NC=C(C#N)C2=N[C@H](c3ccccc3)NN12. The van der Waals surface area contributed by atoms with Crippen molar-refractivity contribution in [2.75, 3.05) is 6.26 Å². The fraction of sp³-hybridized carbons (Fsp3) is 0.154. The van der Waals surface area contributed by atoms with Gasteiger partial charge in [0.15, 0.2) is 11.0 Å². The highest BCUT2D eigenvalue weighted by Crippen LogP contribution is 2.26. The lowest BCUT2D eigenvalue weighted by Crippen LogP contribution is -2.43. The van der Waals surface area contributed by atoms with Crippen LogP contribution >= 0.6 is 11.8 Å². The van der Waals surface area contributed by atoms with Crippen LogP contribution in [0.25, 0.3) is 0 Å². The second-order valence-corrected chi connectivity index (χ2v) is 4.77. The van der Waals surface area contributed by atoms with Crippen LogP contribution < -0.4 is 5.43 Å². The summed E-state index contributed by atoms with van der Waals surface area (Å²) in [6, 6.07) is 12.0. The van der Waals surface area contributed by atoms with Gasteiger partial charge < -0.3 is 0 Å². The minimum absolute atomic E-state index is 0.177. The van der Waals surface area contributed by atoms with Crippen LogP contribution in [0, 0.1) is 11.3 Å². The molecular formula is C13H11N5S. The van der Waals surface area contributed by atoms with Crippen LogP contribution in [0.1, 0.15) is 11.7 Å². The van der Waals surface area contributed by atoms with Gasteiger partial charge in [-0.05, 0) is 11.8 Å². The van der Waals surface area contributed by atoms with Crippen molar-refractivity contribution in [1.82, 2.24) is 10.4 Å². The smallest absolute Gasteiger partial charge is 0.184 e. The van der Waals surface area contributed by atoms with E-state index in [2.05, 4.69) is 21.5 Å². The van der Waals surface area contributed by atoms with Gasteiger partial charge in [0.2, 0.25) is 0 Å². The number of amidine groups is 2. The molecule has 1 aromatic carbocycles. The summed E-state index contributed by atoms with van der Waals surface area (Å²) < 4.78 is 0. The van der Waals surface area contributed by atoms with Crippen molar-refractivity contribution in [3.05, 3.63) is 47.7 Å². The number of aliphatic imine (C=N–C) groups is 2. The van der Waals surface area contributed by atoms with Crippen molar-refractivity contribution in [1.29, 1.82) is 5.26 Å². The first kappa shape index (κ1) is 12.0. The Morgan fingerprint density at radius 1 is 1.37 bits per heavy atom. The maximum atomic E-state index is 9.12. The van der Waals surface area contributed by atoms with Crippen molar-refractivity contribution in [3.8, 4) is 6.07 Å². The van der Waals surface area contributed by atoms with E-state index in [4.69, 9.17) is 5.26 Å². The number of benzene rings is 1. The molecule has 0 amide bonds. The molecule has 19 heavy (non-hydrogen) atoms. The maximum Gasteiger partial charge on any atom is 0.184 e. The first-order valence-corrected chi connectivity index (χ1v) is 6.97. The van der Waals surface area contributed by atoms with E-state index < -0.39 is 0 Å². The molecule has 0 fully saturated rings. The highest BCUT2D eigenvalue weighted by molar-refractivity contribution is 8.13. The van der Waals surface area contributed by atoms with Gasteiger partial charge in [0.05, 0.1) is 6.20 Å². The zero-order valence-electron chi connectivity index (χ0n) is 10.2. The summed E-state index contributed by atoms with van der Waals surface area (Å²) in [7, 11) is 0. The number of nitrogens with zero attached hydrogens (tertiary/aromatic N) is 4. The van der Waals surface area contributed by atoms with E-state index in [9.17, 15) is 0 Å². The molecule has 2 aliphatic rings. The summed E-state index contributed by atoms with van der Waals surface area (Å²) in [5.74, 6) is 0.635. The van der Waals surface area contributed by atoms with Crippen molar-refractivity contribution >= 4 is 22.8 Å². The van der Waals surface area contributed by atoms with E-state index >= 15 is 0 Å². The van der Waals surface area contributed by atoms with Crippen molar-refractivity contribution < 1.29 is 0 Å². The summed E-state index contributed by atoms with van der Waals surface area (Å²) >= 11 is 1.51. The standard InChI is InChI=1S/C13H11N5S/c1-19-13-15-8-10(7-14)12-16-11(17-18(12)13)9-5-3-2-4-6-9/h2-6,8,11,17H,1H3/t11-/m0/s1. The molecule has 3 rings (SSSR count). The molecule has 1 N–H and O–H groups in total. The van der Waals surface area contributed by atoms with Gasteiger partial charge in [-0.15, -0.1) is 0 Å². The van der Waals surface area contributed by atoms with E-state index in [1.54, 1.807) is 11.2 Å².